The summed E-state index contributed by atoms with van der Waals surface area (Å²) >= 11 is 0. The van der Waals surface area contributed by atoms with Crippen LogP contribution >= 0.6 is 0 Å². The molecule has 3 nitrogen and oxygen atoms in total. The van der Waals surface area contributed by atoms with Crippen molar-refractivity contribution in [3.8, 4) is 0 Å². The molecule has 3 heteroatoms. The predicted octanol–water partition coefficient (Wildman–Crippen LogP) is 2.87. The fraction of sp³-hybridized carbons (Fsp3) is 0.786. The lowest BCUT2D eigenvalue weighted by molar-refractivity contribution is 0.0667. The van der Waals surface area contributed by atoms with E-state index in [0.717, 1.165) is 25.2 Å². The topological polar surface area (TPSA) is 38.0 Å². The normalized spacial score (nSPS) is 33.9. The van der Waals surface area contributed by atoms with Crippen LogP contribution in [-0.2, 0) is 0 Å². The molecule has 1 aromatic rings. The zero-order valence-corrected chi connectivity index (χ0v) is 10.5. The number of aromatic nitrogens is 2. The molecule has 0 bridgehead atoms. The molecule has 3 rings (SSSR count). The molecule has 1 heterocycles. The maximum absolute atomic E-state index is 9.84. The Morgan fingerprint density at radius 3 is 2.88 bits per heavy atom. The first kappa shape index (κ1) is 11.3. The molecular weight excluding hydrogens is 212 g/mol. The van der Waals surface area contributed by atoms with Crippen molar-refractivity contribution in [2.45, 2.75) is 63.5 Å². The predicted molar refractivity (Wildman–Crippen MR) is 66.9 cm³/mol. The first-order chi connectivity index (χ1) is 8.28. The Morgan fingerprint density at radius 2 is 2.18 bits per heavy atom. The van der Waals surface area contributed by atoms with Gasteiger partial charge in [0.15, 0.2) is 0 Å². The van der Waals surface area contributed by atoms with E-state index < -0.39 is 0 Å². The third kappa shape index (κ3) is 2.25. The lowest BCUT2D eigenvalue weighted by Crippen LogP contribution is -2.30. The molecule has 0 spiro atoms. The lowest BCUT2D eigenvalue weighted by Gasteiger charge is -2.33. The standard InChI is InChI=1S/C14H22N2O/c1-2-10-5-6-13(17)7-14(10)16-9-12(8-15-16)11-3-4-11/h8-11,13-14,17H,2-7H2,1H3. The number of aliphatic hydroxyl groups excluding tert-OH is 1. The van der Waals surface area contributed by atoms with Crippen LogP contribution in [-0.4, -0.2) is 21.0 Å². The maximum Gasteiger partial charge on any atom is 0.0571 e. The Kier molecular flexibility index (Phi) is 2.95. The van der Waals surface area contributed by atoms with Crippen LogP contribution in [0.1, 0.15) is 63.0 Å². The van der Waals surface area contributed by atoms with Crippen LogP contribution in [0.5, 0.6) is 0 Å². The van der Waals surface area contributed by atoms with Gasteiger partial charge in [-0.15, -0.1) is 0 Å². The fourth-order valence-electron chi connectivity index (χ4n) is 3.15. The van der Waals surface area contributed by atoms with E-state index >= 15 is 0 Å². The van der Waals surface area contributed by atoms with Crippen molar-refractivity contribution in [3.63, 3.8) is 0 Å². The average Bonchev–Trinajstić information content (AvgIpc) is 3.07. The van der Waals surface area contributed by atoms with Crippen LogP contribution in [0.3, 0.4) is 0 Å². The van der Waals surface area contributed by atoms with E-state index in [1.807, 2.05) is 6.20 Å². The van der Waals surface area contributed by atoms with E-state index in [-0.39, 0.29) is 6.10 Å². The van der Waals surface area contributed by atoms with Gasteiger partial charge < -0.3 is 5.11 Å². The van der Waals surface area contributed by atoms with Crippen molar-refractivity contribution in [2.75, 3.05) is 0 Å². The van der Waals surface area contributed by atoms with Crippen molar-refractivity contribution >= 4 is 0 Å². The van der Waals surface area contributed by atoms with Gasteiger partial charge in [0, 0.05) is 6.20 Å². The van der Waals surface area contributed by atoms with Gasteiger partial charge in [0.05, 0.1) is 18.3 Å². The Hall–Kier alpha value is -0.830. The maximum atomic E-state index is 9.84. The molecule has 2 aliphatic carbocycles. The fourth-order valence-corrected chi connectivity index (χ4v) is 3.15. The second-order valence-corrected chi connectivity index (χ2v) is 5.73. The molecule has 94 valence electrons. The zero-order valence-electron chi connectivity index (χ0n) is 10.5. The highest BCUT2D eigenvalue weighted by molar-refractivity contribution is 5.17. The van der Waals surface area contributed by atoms with Crippen LogP contribution in [0, 0.1) is 5.92 Å². The van der Waals surface area contributed by atoms with Crippen molar-refractivity contribution < 1.29 is 5.11 Å². The summed E-state index contributed by atoms with van der Waals surface area (Å²) in [5.74, 6) is 1.46. The Labute approximate surface area is 103 Å². The van der Waals surface area contributed by atoms with Gasteiger partial charge in [0.1, 0.15) is 0 Å². The molecule has 3 unspecified atom stereocenters. The molecule has 0 saturated heterocycles. The molecule has 0 aliphatic heterocycles. The molecule has 2 aliphatic rings. The largest absolute Gasteiger partial charge is 0.393 e. The monoisotopic (exact) mass is 234 g/mol. The summed E-state index contributed by atoms with van der Waals surface area (Å²) in [6.07, 6.45) is 11.0. The van der Waals surface area contributed by atoms with Crippen molar-refractivity contribution in [2.24, 2.45) is 5.92 Å². The molecule has 2 fully saturated rings. The average molecular weight is 234 g/mol. The summed E-state index contributed by atoms with van der Waals surface area (Å²) < 4.78 is 2.13. The van der Waals surface area contributed by atoms with Gasteiger partial charge in [-0.1, -0.05) is 13.3 Å². The smallest absolute Gasteiger partial charge is 0.0571 e. The Morgan fingerprint density at radius 1 is 1.35 bits per heavy atom. The molecule has 0 amide bonds. The van der Waals surface area contributed by atoms with E-state index in [4.69, 9.17) is 0 Å². The number of nitrogens with zero attached hydrogens (tertiary/aromatic N) is 2. The van der Waals surface area contributed by atoms with E-state index in [2.05, 4.69) is 22.9 Å². The molecule has 3 atom stereocenters. The molecule has 2 saturated carbocycles. The molecule has 0 radical (unpaired) electrons. The molecule has 1 aromatic heterocycles. The lowest BCUT2D eigenvalue weighted by atomic mass is 9.81. The minimum Gasteiger partial charge on any atom is -0.393 e. The van der Waals surface area contributed by atoms with Crippen molar-refractivity contribution in [1.29, 1.82) is 0 Å². The quantitative estimate of drug-likeness (QED) is 0.873. The van der Waals surface area contributed by atoms with E-state index in [9.17, 15) is 5.11 Å². The molecule has 1 N–H and O–H groups in total. The number of hydrogen-bond acceptors (Lipinski definition) is 2. The van der Waals surface area contributed by atoms with Gasteiger partial charge in [0.25, 0.3) is 0 Å². The van der Waals surface area contributed by atoms with Crippen LogP contribution in [0.25, 0.3) is 0 Å². The summed E-state index contributed by atoms with van der Waals surface area (Å²) in [5, 5.41) is 14.4. The van der Waals surface area contributed by atoms with Crippen molar-refractivity contribution in [3.05, 3.63) is 18.0 Å². The summed E-state index contributed by atoms with van der Waals surface area (Å²) in [6.45, 7) is 2.25. The van der Waals surface area contributed by atoms with Crippen LogP contribution in [0.4, 0.5) is 0 Å². The van der Waals surface area contributed by atoms with Crippen LogP contribution in [0.15, 0.2) is 12.4 Å². The van der Waals surface area contributed by atoms with Gasteiger partial charge >= 0.3 is 0 Å². The Balaban J connectivity index is 1.78. The second kappa shape index (κ2) is 4.45. The summed E-state index contributed by atoms with van der Waals surface area (Å²) in [5.41, 5.74) is 1.40. The van der Waals surface area contributed by atoms with Gasteiger partial charge in [0.2, 0.25) is 0 Å². The molecule has 17 heavy (non-hydrogen) atoms. The van der Waals surface area contributed by atoms with Crippen LogP contribution in [0.2, 0.25) is 0 Å². The minimum absolute atomic E-state index is 0.128. The van der Waals surface area contributed by atoms with Gasteiger partial charge in [-0.25, -0.2) is 0 Å². The molecule has 0 aromatic carbocycles. The summed E-state index contributed by atoms with van der Waals surface area (Å²) in [7, 11) is 0. The highest BCUT2D eigenvalue weighted by atomic mass is 16.3. The minimum atomic E-state index is -0.128. The van der Waals surface area contributed by atoms with E-state index in [0.29, 0.717) is 12.0 Å². The van der Waals surface area contributed by atoms with Crippen molar-refractivity contribution in [1.82, 2.24) is 9.78 Å². The highest BCUT2D eigenvalue weighted by Crippen LogP contribution is 2.41. The summed E-state index contributed by atoms with van der Waals surface area (Å²) in [4.78, 5) is 0. The first-order valence-electron chi connectivity index (χ1n) is 7.00. The third-order valence-corrected chi connectivity index (χ3v) is 4.46. The molecular formula is C14H22N2O. The SMILES string of the molecule is CCC1CCC(O)CC1n1cc(C2CC2)cn1. The first-order valence-corrected chi connectivity index (χ1v) is 7.00. The second-order valence-electron chi connectivity index (χ2n) is 5.73. The third-order valence-electron chi connectivity index (χ3n) is 4.46. The zero-order chi connectivity index (χ0) is 11.8. The Bertz CT molecular complexity index is 383. The van der Waals surface area contributed by atoms with E-state index in [1.54, 1.807) is 0 Å². The highest BCUT2D eigenvalue weighted by Gasteiger charge is 2.31. The number of hydrogen-bond donors (Lipinski definition) is 1. The van der Waals surface area contributed by atoms with Gasteiger partial charge in [-0.2, -0.15) is 5.10 Å². The summed E-state index contributed by atoms with van der Waals surface area (Å²) in [6, 6.07) is 0.413. The van der Waals surface area contributed by atoms with E-state index in [1.165, 1.54) is 24.8 Å². The number of rotatable bonds is 3. The van der Waals surface area contributed by atoms with Gasteiger partial charge in [-0.05, 0) is 49.5 Å². The van der Waals surface area contributed by atoms with Crippen LogP contribution < -0.4 is 0 Å². The van der Waals surface area contributed by atoms with Gasteiger partial charge in [-0.3, -0.25) is 4.68 Å². The number of aliphatic hydroxyl groups is 1.